The van der Waals surface area contributed by atoms with Crippen molar-refractivity contribution in [3.63, 3.8) is 0 Å². The normalized spacial score (nSPS) is 12.4. The molecule has 2 N–H and O–H groups in total. The van der Waals surface area contributed by atoms with Gasteiger partial charge in [0.2, 0.25) is 0 Å². The molecular formula is C10H20N4. The molecule has 0 unspecified atom stereocenters. The van der Waals surface area contributed by atoms with Gasteiger partial charge in [0.25, 0.3) is 0 Å². The molecule has 1 heterocycles. The van der Waals surface area contributed by atoms with Crippen LogP contribution in [0.1, 0.15) is 19.7 Å². The number of aryl methyl sites for hydroxylation is 1. The van der Waals surface area contributed by atoms with Crippen LogP contribution in [0.2, 0.25) is 0 Å². The van der Waals surface area contributed by atoms with E-state index in [1.54, 1.807) is 0 Å². The number of nitrogens with zero attached hydrogens (tertiary/aromatic N) is 3. The number of hydrogen-bond acceptors (Lipinski definition) is 3. The second kappa shape index (κ2) is 4.11. The summed E-state index contributed by atoms with van der Waals surface area (Å²) in [4.78, 5) is 6.45. The Labute approximate surface area is 85.7 Å². The Morgan fingerprint density at radius 3 is 2.64 bits per heavy atom. The van der Waals surface area contributed by atoms with E-state index >= 15 is 0 Å². The highest BCUT2D eigenvalue weighted by atomic mass is 15.2. The molecule has 80 valence electrons. The van der Waals surface area contributed by atoms with E-state index < -0.39 is 0 Å². The fourth-order valence-electron chi connectivity index (χ4n) is 1.54. The van der Waals surface area contributed by atoms with Crippen molar-refractivity contribution >= 4 is 0 Å². The summed E-state index contributed by atoms with van der Waals surface area (Å²) < 4.78 is 2.03. The van der Waals surface area contributed by atoms with Gasteiger partial charge in [0.05, 0.1) is 6.54 Å². The van der Waals surface area contributed by atoms with Gasteiger partial charge in [0, 0.05) is 31.5 Å². The summed E-state index contributed by atoms with van der Waals surface area (Å²) in [5.74, 6) is 1.07. The van der Waals surface area contributed by atoms with E-state index in [1.807, 2.05) is 37.9 Å². The van der Waals surface area contributed by atoms with Crippen LogP contribution in [-0.2, 0) is 13.6 Å². The number of nitrogens with two attached hydrogens (primary N) is 1. The first kappa shape index (κ1) is 11.2. The third-order valence-electron chi connectivity index (χ3n) is 2.01. The summed E-state index contributed by atoms with van der Waals surface area (Å²) in [5, 5.41) is 0. The molecule has 0 aliphatic rings. The van der Waals surface area contributed by atoms with Gasteiger partial charge in [0.1, 0.15) is 5.82 Å². The highest BCUT2D eigenvalue weighted by molar-refractivity contribution is 4.91. The van der Waals surface area contributed by atoms with Crippen LogP contribution in [0.3, 0.4) is 0 Å². The molecular weight excluding hydrogens is 176 g/mol. The molecule has 0 radical (unpaired) electrons. The molecule has 0 saturated carbocycles. The minimum atomic E-state index is -0.153. The maximum Gasteiger partial charge on any atom is 0.122 e. The average molecular weight is 196 g/mol. The highest BCUT2D eigenvalue weighted by Gasteiger charge is 2.14. The van der Waals surface area contributed by atoms with Crippen LogP contribution in [0.15, 0.2) is 12.4 Å². The number of rotatable bonds is 4. The molecule has 4 nitrogen and oxygen atoms in total. The van der Waals surface area contributed by atoms with Gasteiger partial charge in [-0.05, 0) is 20.9 Å². The van der Waals surface area contributed by atoms with E-state index in [2.05, 4.69) is 16.9 Å². The SMILES string of the molecule is CN(Cc1nccn1C)CC(C)(C)N. The molecule has 0 atom stereocenters. The lowest BCUT2D eigenvalue weighted by Gasteiger charge is -2.26. The van der Waals surface area contributed by atoms with Gasteiger partial charge in [-0.3, -0.25) is 4.90 Å². The smallest absolute Gasteiger partial charge is 0.122 e. The first-order valence-electron chi connectivity index (χ1n) is 4.82. The molecule has 0 saturated heterocycles. The fraction of sp³-hybridized carbons (Fsp3) is 0.700. The summed E-state index contributed by atoms with van der Waals surface area (Å²) >= 11 is 0. The third kappa shape index (κ3) is 3.47. The van der Waals surface area contributed by atoms with Crippen LogP contribution in [-0.4, -0.2) is 33.6 Å². The topological polar surface area (TPSA) is 47.1 Å². The predicted octanol–water partition coefficient (Wildman–Crippen LogP) is 0.589. The van der Waals surface area contributed by atoms with Crippen LogP contribution in [0.25, 0.3) is 0 Å². The first-order valence-corrected chi connectivity index (χ1v) is 4.82. The number of aromatic nitrogens is 2. The molecule has 4 heteroatoms. The van der Waals surface area contributed by atoms with Crippen molar-refractivity contribution in [3.05, 3.63) is 18.2 Å². The zero-order valence-corrected chi connectivity index (χ0v) is 9.49. The van der Waals surface area contributed by atoms with Gasteiger partial charge >= 0.3 is 0 Å². The molecule has 0 spiro atoms. The first-order chi connectivity index (χ1) is 6.38. The number of hydrogen-bond donors (Lipinski definition) is 1. The van der Waals surface area contributed by atoms with E-state index in [1.165, 1.54) is 0 Å². The molecule has 0 fully saturated rings. The molecule has 0 bridgehead atoms. The van der Waals surface area contributed by atoms with Crippen molar-refractivity contribution in [2.24, 2.45) is 12.8 Å². The van der Waals surface area contributed by atoms with Crippen molar-refractivity contribution in [2.45, 2.75) is 25.9 Å². The summed E-state index contributed by atoms with van der Waals surface area (Å²) in [6, 6.07) is 0. The zero-order chi connectivity index (χ0) is 10.8. The Morgan fingerprint density at radius 2 is 2.21 bits per heavy atom. The van der Waals surface area contributed by atoms with Gasteiger partial charge in [-0.1, -0.05) is 0 Å². The second-order valence-corrected chi connectivity index (χ2v) is 4.62. The van der Waals surface area contributed by atoms with E-state index in [4.69, 9.17) is 5.73 Å². The minimum Gasteiger partial charge on any atom is -0.337 e. The lowest BCUT2D eigenvalue weighted by atomic mass is 10.1. The maximum atomic E-state index is 5.93. The van der Waals surface area contributed by atoms with Gasteiger partial charge in [-0.2, -0.15) is 0 Å². The molecule has 1 aromatic heterocycles. The van der Waals surface area contributed by atoms with Crippen LogP contribution in [0.5, 0.6) is 0 Å². The second-order valence-electron chi connectivity index (χ2n) is 4.62. The van der Waals surface area contributed by atoms with Crippen molar-refractivity contribution in [3.8, 4) is 0 Å². The van der Waals surface area contributed by atoms with Crippen molar-refractivity contribution in [1.82, 2.24) is 14.5 Å². The highest BCUT2D eigenvalue weighted by Crippen LogP contribution is 2.04. The van der Waals surface area contributed by atoms with Crippen LogP contribution >= 0.6 is 0 Å². The summed E-state index contributed by atoms with van der Waals surface area (Å²) in [6.45, 7) is 5.76. The molecule has 1 aromatic rings. The molecule has 1 rings (SSSR count). The Bertz CT molecular complexity index is 285. The van der Waals surface area contributed by atoms with E-state index in [0.717, 1.165) is 18.9 Å². The molecule has 0 amide bonds. The van der Waals surface area contributed by atoms with Gasteiger partial charge in [0.15, 0.2) is 0 Å². The monoisotopic (exact) mass is 196 g/mol. The van der Waals surface area contributed by atoms with Gasteiger partial charge in [-0.15, -0.1) is 0 Å². The minimum absolute atomic E-state index is 0.153. The van der Waals surface area contributed by atoms with Crippen molar-refractivity contribution < 1.29 is 0 Å². The maximum absolute atomic E-state index is 5.93. The summed E-state index contributed by atoms with van der Waals surface area (Å²) in [6.07, 6.45) is 3.77. The van der Waals surface area contributed by atoms with E-state index in [9.17, 15) is 0 Å². The molecule has 0 aliphatic heterocycles. The number of likely N-dealkylation sites (N-methyl/N-ethyl adjacent to an activating group) is 1. The van der Waals surface area contributed by atoms with Gasteiger partial charge in [-0.25, -0.2) is 4.98 Å². The van der Waals surface area contributed by atoms with Crippen molar-refractivity contribution in [1.29, 1.82) is 0 Å². The average Bonchev–Trinajstić information content (AvgIpc) is 2.32. The standard InChI is InChI=1S/C10H20N4/c1-10(2,11)8-13(3)7-9-12-5-6-14(9)4/h5-6H,7-8,11H2,1-4H3. The quantitative estimate of drug-likeness (QED) is 0.766. The predicted molar refractivity (Wildman–Crippen MR) is 57.8 cm³/mol. The molecule has 0 aliphatic carbocycles. The lowest BCUT2D eigenvalue weighted by molar-refractivity contribution is 0.256. The molecule has 0 aromatic carbocycles. The Morgan fingerprint density at radius 1 is 1.57 bits per heavy atom. The number of imidazole rings is 1. The zero-order valence-electron chi connectivity index (χ0n) is 9.49. The fourth-order valence-corrected chi connectivity index (χ4v) is 1.54. The Balaban J connectivity index is 2.50. The van der Waals surface area contributed by atoms with Crippen LogP contribution < -0.4 is 5.73 Å². The summed E-state index contributed by atoms with van der Waals surface area (Å²) in [5.41, 5.74) is 5.78. The van der Waals surface area contributed by atoms with Gasteiger partial charge < -0.3 is 10.3 Å². The Kier molecular flexibility index (Phi) is 3.29. The van der Waals surface area contributed by atoms with Crippen molar-refractivity contribution in [2.75, 3.05) is 13.6 Å². The lowest BCUT2D eigenvalue weighted by Crippen LogP contribution is -2.43. The van der Waals surface area contributed by atoms with Crippen LogP contribution in [0, 0.1) is 0 Å². The Hall–Kier alpha value is -0.870. The van der Waals surface area contributed by atoms with Crippen LogP contribution in [0.4, 0.5) is 0 Å². The van der Waals surface area contributed by atoms with E-state index in [0.29, 0.717) is 0 Å². The largest absolute Gasteiger partial charge is 0.337 e. The molecule has 14 heavy (non-hydrogen) atoms. The van der Waals surface area contributed by atoms with E-state index in [-0.39, 0.29) is 5.54 Å². The third-order valence-corrected chi connectivity index (χ3v) is 2.01. The summed E-state index contributed by atoms with van der Waals surface area (Å²) in [7, 11) is 4.06.